The molecule has 2 rings (SSSR count). The summed E-state index contributed by atoms with van der Waals surface area (Å²) in [5.41, 5.74) is 8.23. The number of hydrogen-bond donors (Lipinski definition) is 1. The number of likely N-dealkylation sites (N-methyl/N-ethyl adjacent to an activating group) is 2. The van der Waals surface area contributed by atoms with Crippen molar-refractivity contribution in [1.82, 2.24) is 4.90 Å². The molecule has 1 fully saturated rings. The summed E-state index contributed by atoms with van der Waals surface area (Å²) in [5.74, 6) is 0. The van der Waals surface area contributed by atoms with E-state index in [0.717, 1.165) is 12.2 Å². The summed E-state index contributed by atoms with van der Waals surface area (Å²) in [6.07, 6.45) is 3.95. The predicted octanol–water partition coefficient (Wildman–Crippen LogP) is 2.19. The summed E-state index contributed by atoms with van der Waals surface area (Å²) in [7, 11) is 6.52. The summed E-state index contributed by atoms with van der Waals surface area (Å²) in [4.78, 5) is 4.69. The van der Waals surface area contributed by atoms with E-state index in [1.807, 2.05) is 18.2 Å². The van der Waals surface area contributed by atoms with Crippen molar-refractivity contribution < 1.29 is 0 Å². The van der Waals surface area contributed by atoms with E-state index in [9.17, 15) is 0 Å². The van der Waals surface area contributed by atoms with E-state index in [0.29, 0.717) is 5.54 Å². The molecular formula is C14H23N3. The van der Waals surface area contributed by atoms with Crippen molar-refractivity contribution in [2.75, 3.05) is 38.3 Å². The highest BCUT2D eigenvalue weighted by atomic mass is 15.2. The van der Waals surface area contributed by atoms with Gasteiger partial charge in [0.2, 0.25) is 0 Å². The van der Waals surface area contributed by atoms with Gasteiger partial charge in [-0.15, -0.1) is 0 Å². The Kier molecular flexibility index (Phi) is 3.29. The van der Waals surface area contributed by atoms with E-state index in [4.69, 9.17) is 5.73 Å². The fourth-order valence-electron chi connectivity index (χ4n) is 2.63. The van der Waals surface area contributed by atoms with Crippen molar-refractivity contribution in [2.45, 2.75) is 24.8 Å². The monoisotopic (exact) mass is 233 g/mol. The van der Waals surface area contributed by atoms with Gasteiger partial charge in [0.05, 0.1) is 0 Å². The molecule has 0 unspecified atom stereocenters. The molecule has 1 aromatic rings. The van der Waals surface area contributed by atoms with Crippen LogP contribution in [-0.2, 0) is 0 Å². The van der Waals surface area contributed by atoms with Gasteiger partial charge in [-0.25, -0.2) is 0 Å². The van der Waals surface area contributed by atoms with Gasteiger partial charge >= 0.3 is 0 Å². The first-order valence-electron chi connectivity index (χ1n) is 6.28. The number of nitrogens with zero attached hydrogens (tertiary/aromatic N) is 2. The molecule has 2 N–H and O–H groups in total. The zero-order chi connectivity index (χ0) is 12.5. The minimum atomic E-state index is 0.360. The summed E-state index contributed by atoms with van der Waals surface area (Å²) >= 11 is 0. The fraction of sp³-hybridized carbons (Fsp3) is 0.571. The topological polar surface area (TPSA) is 32.5 Å². The Morgan fingerprint density at radius 3 is 2.41 bits per heavy atom. The molecule has 1 aromatic carbocycles. The van der Waals surface area contributed by atoms with Crippen molar-refractivity contribution in [3.8, 4) is 0 Å². The summed E-state index contributed by atoms with van der Waals surface area (Å²) in [5, 5.41) is 0. The average Bonchev–Trinajstić information content (AvgIpc) is 2.22. The second kappa shape index (κ2) is 4.57. The minimum Gasteiger partial charge on any atom is -0.399 e. The van der Waals surface area contributed by atoms with Crippen LogP contribution in [0.4, 0.5) is 11.4 Å². The molecule has 1 saturated carbocycles. The van der Waals surface area contributed by atoms with Crippen LogP contribution in [0.15, 0.2) is 24.3 Å². The highest BCUT2D eigenvalue weighted by molar-refractivity contribution is 5.55. The largest absolute Gasteiger partial charge is 0.399 e. The molecule has 0 saturated heterocycles. The lowest BCUT2D eigenvalue weighted by Crippen LogP contribution is -2.56. The van der Waals surface area contributed by atoms with Gasteiger partial charge in [-0.1, -0.05) is 6.07 Å². The molecule has 0 heterocycles. The average molecular weight is 233 g/mol. The predicted molar refractivity (Wildman–Crippen MR) is 74.4 cm³/mol. The number of nitrogen functional groups attached to an aromatic ring is 1. The Morgan fingerprint density at radius 2 is 1.94 bits per heavy atom. The zero-order valence-corrected chi connectivity index (χ0v) is 11.1. The van der Waals surface area contributed by atoms with Crippen LogP contribution in [-0.4, -0.2) is 38.1 Å². The van der Waals surface area contributed by atoms with Crippen molar-refractivity contribution >= 4 is 11.4 Å². The second-order valence-electron chi connectivity index (χ2n) is 5.42. The highest BCUT2D eigenvalue weighted by Gasteiger charge is 2.39. The molecule has 17 heavy (non-hydrogen) atoms. The third-order valence-corrected chi connectivity index (χ3v) is 4.08. The normalized spacial score (nSPS) is 17.9. The van der Waals surface area contributed by atoms with Crippen LogP contribution >= 0.6 is 0 Å². The van der Waals surface area contributed by atoms with Crippen molar-refractivity contribution in [2.24, 2.45) is 0 Å². The smallest absolute Gasteiger partial charge is 0.0384 e. The lowest BCUT2D eigenvalue weighted by Gasteiger charge is -2.49. The van der Waals surface area contributed by atoms with E-state index >= 15 is 0 Å². The molecule has 1 aliphatic carbocycles. The molecule has 3 nitrogen and oxygen atoms in total. The minimum absolute atomic E-state index is 0.360. The molecule has 0 bridgehead atoms. The molecule has 0 radical (unpaired) electrons. The lowest BCUT2D eigenvalue weighted by molar-refractivity contribution is 0.0683. The third kappa shape index (κ3) is 2.39. The maximum atomic E-state index is 5.83. The van der Waals surface area contributed by atoms with Gasteiger partial charge in [0.1, 0.15) is 0 Å². The molecule has 0 amide bonds. The van der Waals surface area contributed by atoms with Gasteiger partial charge < -0.3 is 15.5 Å². The van der Waals surface area contributed by atoms with Gasteiger partial charge in [-0.05, 0) is 51.6 Å². The molecule has 0 spiro atoms. The van der Waals surface area contributed by atoms with Crippen LogP contribution in [0, 0.1) is 0 Å². The van der Waals surface area contributed by atoms with Crippen LogP contribution in [0.3, 0.4) is 0 Å². The van der Waals surface area contributed by atoms with Crippen molar-refractivity contribution in [3.05, 3.63) is 24.3 Å². The summed E-state index contributed by atoms with van der Waals surface area (Å²) in [6, 6.07) is 8.12. The quantitative estimate of drug-likeness (QED) is 0.809. The molecular weight excluding hydrogens is 210 g/mol. The summed E-state index contributed by atoms with van der Waals surface area (Å²) in [6.45, 7) is 1.07. The van der Waals surface area contributed by atoms with Crippen LogP contribution in [0.2, 0.25) is 0 Å². The first-order valence-corrected chi connectivity index (χ1v) is 6.28. The molecule has 94 valence electrons. The Labute approximate surface area is 104 Å². The SMILES string of the molecule is CN(CC1(N(C)C)CCC1)c1cccc(N)c1. The van der Waals surface area contributed by atoms with E-state index in [2.05, 4.69) is 37.0 Å². The Morgan fingerprint density at radius 1 is 1.24 bits per heavy atom. The van der Waals surface area contributed by atoms with Crippen LogP contribution in [0.1, 0.15) is 19.3 Å². The molecule has 3 heteroatoms. The zero-order valence-electron chi connectivity index (χ0n) is 11.1. The van der Waals surface area contributed by atoms with Gasteiger partial charge in [0.15, 0.2) is 0 Å². The number of anilines is 2. The van der Waals surface area contributed by atoms with E-state index < -0.39 is 0 Å². The van der Waals surface area contributed by atoms with Gasteiger partial charge in [0, 0.05) is 30.5 Å². The van der Waals surface area contributed by atoms with Crippen LogP contribution in [0.5, 0.6) is 0 Å². The van der Waals surface area contributed by atoms with Crippen molar-refractivity contribution in [3.63, 3.8) is 0 Å². The number of hydrogen-bond acceptors (Lipinski definition) is 3. The molecule has 0 aliphatic heterocycles. The molecule has 0 atom stereocenters. The Balaban J connectivity index is 2.08. The van der Waals surface area contributed by atoms with E-state index in [1.54, 1.807) is 0 Å². The van der Waals surface area contributed by atoms with Crippen LogP contribution in [0.25, 0.3) is 0 Å². The Hall–Kier alpha value is -1.22. The first kappa shape index (κ1) is 12.2. The van der Waals surface area contributed by atoms with E-state index in [1.165, 1.54) is 24.9 Å². The molecule has 1 aliphatic rings. The number of rotatable bonds is 4. The first-order chi connectivity index (χ1) is 8.03. The van der Waals surface area contributed by atoms with E-state index in [-0.39, 0.29) is 0 Å². The standard InChI is InChI=1S/C14H23N3/c1-16(2)14(8-5-9-14)11-17(3)13-7-4-6-12(15)10-13/h4,6-7,10H,5,8-9,11,15H2,1-3H3. The van der Waals surface area contributed by atoms with Crippen LogP contribution < -0.4 is 10.6 Å². The number of benzene rings is 1. The molecule has 0 aromatic heterocycles. The maximum absolute atomic E-state index is 5.83. The summed E-state index contributed by atoms with van der Waals surface area (Å²) < 4.78 is 0. The van der Waals surface area contributed by atoms with Gasteiger partial charge in [0.25, 0.3) is 0 Å². The maximum Gasteiger partial charge on any atom is 0.0384 e. The lowest BCUT2D eigenvalue weighted by atomic mass is 9.75. The van der Waals surface area contributed by atoms with Gasteiger partial charge in [-0.3, -0.25) is 0 Å². The fourth-order valence-corrected chi connectivity index (χ4v) is 2.63. The Bertz CT molecular complexity index is 383. The number of nitrogens with two attached hydrogens (primary N) is 1. The second-order valence-corrected chi connectivity index (χ2v) is 5.42. The van der Waals surface area contributed by atoms with Crippen molar-refractivity contribution in [1.29, 1.82) is 0 Å². The third-order valence-electron chi connectivity index (χ3n) is 4.08. The highest BCUT2D eigenvalue weighted by Crippen LogP contribution is 2.37. The van der Waals surface area contributed by atoms with Gasteiger partial charge in [-0.2, -0.15) is 0 Å².